The molecule has 1 spiro atoms. The topological polar surface area (TPSA) is 70.7 Å². The number of anilines is 3. The van der Waals surface area contributed by atoms with E-state index in [2.05, 4.69) is 23.6 Å². The first kappa shape index (κ1) is 24.9. The van der Waals surface area contributed by atoms with E-state index in [1.807, 2.05) is 80.3 Å². The number of benzene rings is 3. The Bertz CT molecular complexity index is 1350. The molecule has 0 fully saturated rings. The Labute approximate surface area is 219 Å². The molecule has 0 unspecified atom stereocenters. The highest BCUT2D eigenvalue weighted by Gasteiger charge is 2.63. The van der Waals surface area contributed by atoms with Crippen molar-refractivity contribution >= 4 is 28.9 Å². The van der Waals surface area contributed by atoms with Gasteiger partial charge in [-0.2, -0.15) is 0 Å². The van der Waals surface area contributed by atoms with E-state index in [0.717, 1.165) is 57.7 Å². The van der Waals surface area contributed by atoms with Crippen molar-refractivity contribution in [1.29, 1.82) is 0 Å². The van der Waals surface area contributed by atoms with Crippen LogP contribution in [0.25, 0.3) is 0 Å². The maximum absolute atomic E-state index is 14.5. The minimum atomic E-state index is -1.30. The quantitative estimate of drug-likeness (QED) is 0.408. The second-order valence-electron chi connectivity index (χ2n) is 10.3. The number of aryl methyl sites for hydroxylation is 3. The Kier molecular flexibility index (Phi) is 6.44. The lowest BCUT2D eigenvalue weighted by molar-refractivity contribution is -0.151. The average Bonchev–Trinajstić information content (AvgIpc) is 3.11. The maximum Gasteiger partial charge on any atom is 0.314 e. The second-order valence-corrected chi connectivity index (χ2v) is 10.3. The van der Waals surface area contributed by atoms with Crippen molar-refractivity contribution in [2.45, 2.75) is 52.1 Å². The molecule has 0 saturated carbocycles. The summed E-state index contributed by atoms with van der Waals surface area (Å²) in [6.45, 7) is 8.80. The van der Waals surface area contributed by atoms with Gasteiger partial charge in [-0.1, -0.05) is 66.4 Å². The predicted octanol–water partition coefficient (Wildman–Crippen LogP) is 6.02. The molecule has 0 aliphatic carbocycles. The molecule has 2 heterocycles. The summed E-state index contributed by atoms with van der Waals surface area (Å²) in [6, 6.07) is 19.8. The van der Waals surface area contributed by atoms with Gasteiger partial charge < -0.3 is 20.3 Å². The van der Waals surface area contributed by atoms with Crippen LogP contribution in [0.3, 0.4) is 0 Å². The van der Waals surface area contributed by atoms with Crippen LogP contribution < -0.4 is 15.5 Å². The molecular weight excluding hydrogens is 462 g/mol. The minimum absolute atomic E-state index is 0.112. The first-order valence-electron chi connectivity index (χ1n) is 13.0. The molecular formula is C31H35N3O3. The Morgan fingerprint density at radius 2 is 1.68 bits per heavy atom. The van der Waals surface area contributed by atoms with Crippen molar-refractivity contribution in [3.8, 4) is 0 Å². The number of fused-ring (bicyclic) bond motifs is 3. The molecule has 3 aromatic rings. The molecule has 5 rings (SSSR count). The average molecular weight is 498 g/mol. The summed E-state index contributed by atoms with van der Waals surface area (Å²) < 4.78 is 5.43. The van der Waals surface area contributed by atoms with Crippen LogP contribution in [-0.4, -0.2) is 25.5 Å². The largest absolute Gasteiger partial charge is 0.469 e. The Balaban J connectivity index is 1.76. The molecule has 2 N–H and O–H groups in total. The van der Waals surface area contributed by atoms with E-state index in [1.165, 1.54) is 7.11 Å². The second kappa shape index (κ2) is 9.58. The van der Waals surface area contributed by atoms with Crippen molar-refractivity contribution in [2.75, 3.05) is 29.2 Å². The minimum Gasteiger partial charge on any atom is -0.469 e. The summed E-state index contributed by atoms with van der Waals surface area (Å²) in [7, 11) is 1.40. The number of hydrogen-bond acceptors (Lipinski definition) is 5. The zero-order valence-corrected chi connectivity index (χ0v) is 22.2. The number of unbranched alkanes of at least 4 members (excludes halogenated alkanes) is 1. The molecule has 192 valence electrons. The molecule has 0 bridgehead atoms. The zero-order valence-electron chi connectivity index (χ0n) is 22.2. The van der Waals surface area contributed by atoms with Gasteiger partial charge >= 0.3 is 5.97 Å². The summed E-state index contributed by atoms with van der Waals surface area (Å²) in [6.07, 6.45) is 1.84. The van der Waals surface area contributed by atoms with Crippen LogP contribution in [0.2, 0.25) is 0 Å². The first-order valence-corrected chi connectivity index (χ1v) is 13.0. The highest BCUT2D eigenvalue weighted by Crippen LogP contribution is 2.55. The number of hydrogen-bond donors (Lipinski definition) is 2. The SMILES string of the molecule is CCCCN1C(=O)[C@@]2(Nc3ccc(C)cc3[C@@H](Nc3ccc(C)cc3)[C@@H]2C(=O)OC)c2cc(C)ccc21. The number of carbonyl (C=O) groups is 2. The third-order valence-electron chi connectivity index (χ3n) is 7.69. The smallest absolute Gasteiger partial charge is 0.314 e. The van der Waals surface area contributed by atoms with E-state index < -0.39 is 23.5 Å². The van der Waals surface area contributed by atoms with Gasteiger partial charge in [0.1, 0.15) is 5.92 Å². The van der Waals surface area contributed by atoms with Crippen molar-refractivity contribution in [1.82, 2.24) is 0 Å². The van der Waals surface area contributed by atoms with Gasteiger partial charge in [-0.05, 0) is 57.0 Å². The molecule has 6 nitrogen and oxygen atoms in total. The number of nitrogens with zero attached hydrogens (tertiary/aromatic N) is 1. The van der Waals surface area contributed by atoms with Gasteiger partial charge in [0.05, 0.1) is 13.2 Å². The Hall–Kier alpha value is -3.80. The number of amides is 1. The van der Waals surface area contributed by atoms with Crippen LogP contribution in [0.4, 0.5) is 17.1 Å². The maximum atomic E-state index is 14.5. The van der Waals surface area contributed by atoms with Gasteiger partial charge in [-0.25, -0.2) is 0 Å². The summed E-state index contributed by atoms with van der Waals surface area (Å²) >= 11 is 0. The van der Waals surface area contributed by atoms with E-state index in [9.17, 15) is 9.59 Å². The fourth-order valence-corrected chi connectivity index (χ4v) is 5.80. The van der Waals surface area contributed by atoms with Crippen LogP contribution >= 0.6 is 0 Å². The number of nitrogens with one attached hydrogen (secondary N) is 2. The van der Waals surface area contributed by atoms with Crippen LogP contribution in [-0.2, 0) is 19.9 Å². The number of ether oxygens (including phenoxy) is 1. The van der Waals surface area contributed by atoms with Gasteiger partial charge in [-0.3, -0.25) is 9.59 Å². The summed E-state index contributed by atoms with van der Waals surface area (Å²) in [5.74, 6) is -1.38. The monoisotopic (exact) mass is 497 g/mol. The number of carbonyl (C=O) groups excluding carboxylic acids is 2. The molecule has 0 radical (unpaired) electrons. The molecule has 0 saturated heterocycles. The fraction of sp³-hybridized carbons (Fsp3) is 0.355. The van der Waals surface area contributed by atoms with Crippen molar-refractivity contribution in [2.24, 2.45) is 5.92 Å². The normalized spacial score (nSPS) is 21.9. The Morgan fingerprint density at radius 1 is 1.00 bits per heavy atom. The van der Waals surface area contributed by atoms with Gasteiger partial charge in [-0.15, -0.1) is 0 Å². The summed E-state index contributed by atoms with van der Waals surface area (Å²) in [4.78, 5) is 30.2. The van der Waals surface area contributed by atoms with Crippen LogP contribution in [0.15, 0.2) is 60.7 Å². The van der Waals surface area contributed by atoms with Crippen LogP contribution in [0, 0.1) is 26.7 Å². The number of rotatable bonds is 6. The third-order valence-corrected chi connectivity index (χ3v) is 7.69. The van der Waals surface area contributed by atoms with E-state index in [1.54, 1.807) is 0 Å². The number of esters is 1. The lowest BCUT2D eigenvalue weighted by Gasteiger charge is -2.46. The number of methoxy groups -OCH3 is 1. The molecule has 2 aliphatic rings. The molecule has 37 heavy (non-hydrogen) atoms. The zero-order chi connectivity index (χ0) is 26.3. The highest BCUT2D eigenvalue weighted by molar-refractivity contribution is 6.12. The lowest BCUT2D eigenvalue weighted by atomic mass is 9.69. The fourth-order valence-electron chi connectivity index (χ4n) is 5.80. The molecule has 0 aromatic heterocycles. The van der Waals surface area contributed by atoms with Gasteiger partial charge in [0, 0.05) is 29.2 Å². The van der Waals surface area contributed by atoms with E-state index in [0.29, 0.717) is 6.54 Å². The third kappa shape index (κ3) is 4.05. The van der Waals surface area contributed by atoms with Crippen LogP contribution in [0.5, 0.6) is 0 Å². The molecule has 1 amide bonds. The molecule has 3 atom stereocenters. The summed E-state index contributed by atoms with van der Waals surface area (Å²) in [5.41, 5.74) is 6.31. The first-order chi connectivity index (χ1) is 17.8. The van der Waals surface area contributed by atoms with Crippen molar-refractivity contribution in [3.63, 3.8) is 0 Å². The molecule has 2 aliphatic heterocycles. The summed E-state index contributed by atoms with van der Waals surface area (Å²) in [5, 5.41) is 7.22. The molecule has 3 aromatic carbocycles. The van der Waals surface area contributed by atoms with Crippen LogP contribution in [0.1, 0.15) is 53.6 Å². The molecule has 6 heteroatoms. The van der Waals surface area contributed by atoms with Gasteiger partial charge in [0.15, 0.2) is 5.54 Å². The lowest BCUT2D eigenvalue weighted by Crippen LogP contribution is -2.59. The standard InChI is InChI=1S/C31H35N3O3/c1-6-7-16-34-26-15-11-21(4)18-24(26)31(30(34)36)27(29(35)37-5)28(32-22-12-8-19(2)9-13-22)23-17-20(3)10-14-25(23)33-31/h8-15,17-18,27-28,32-33H,6-7,16H2,1-5H3/t27-,28-,31-/m1/s1. The van der Waals surface area contributed by atoms with Crippen molar-refractivity contribution in [3.05, 3.63) is 88.5 Å². The van der Waals surface area contributed by atoms with Gasteiger partial charge in [0.25, 0.3) is 5.91 Å². The van der Waals surface area contributed by atoms with E-state index in [-0.39, 0.29) is 5.91 Å². The van der Waals surface area contributed by atoms with Crippen molar-refractivity contribution < 1.29 is 14.3 Å². The van der Waals surface area contributed by atoms with E-state index >= 15 is 0 Å². The van der Waals surface area contributed by atoms with Gasteiger partial charge in [0.2, 0.25) is 0 Å². The Morgan fingerprint density at radius 3 is 2.38 bits per heavy atom. The highest BCUT2D eigenvalue weighted by atomic mass is 16.5. The van der Waals surface area contributed by atoms with E-state index in [4.69, 9.17) is 4.74 Å². The predicted molar refractivity (Wildman–Crippen MR) is 148 cm³/mol.